The Bertz CT molecular complexity index is 327. The number of nitrogens with two attached hydrogens (primary N) is 1. The van der Waals surface area contributed by atoms with Crippen LogP contribution in [0.4, 0.5) is 0 Å². The lowest BCUT2D eigenvalue weighted by Gasteiger charge is -2.04. The molecule has 0 aliphatic heterocycles. The summed E-state index contributed by atoms with van der Waals surface area (Å²) < 4.78 is 0. The SMILES string of the molecule is N#CC(=O)[C@@H](N)Cc1ccccc1. The zero-order chi connectivity index (χ0) is 9.68. The van der Waals surface area contributed by atoms with E-state index >= 15 is 0 Å². The number of hydrogen-bond acceptors (Lipinski definition) is 3. The summed E-state index contributed by atoms with van der Waals surface area (Å²) in [7, 11) is 0. The van der Waals surface area contributed by atoms with Gasteiger partial charge in [0.15, 0.2) is 0 Å². The first-order chi connectivity index (χ1) is 6.24. The predicted molar refractivity (Wildman–Crippen MR) is 48.7 cm³/mol. The van der Waals surface area contributed by atoms with Crippen molar-refractivity contribution in [3.8, 4) is 6.07 Å². The minimum atomic E-state index is -0.701. The average Bonchev–Trinajstić information content (AvgIpc) is 2.18. The van der Waals surface area contributed by atoms with E-state index in [1.165, 1.54) is 6.07 Å². The first-order valence-corrected chi connectivity index (χ1v) is 3.97. The molecule has 13 heavy (non-hydrogen) atoms. The molecule has 66 valence electrons. The number of ketones is 1. The van der Waals surface area contributed by atoms with Crippen LogP contribution in [0.25, 0.3) is 0 Å². The van der Waals surface area contributed by atoms with Gasteiger partial charge in [0.1, 0.15) is 6.07 Å². The molecule has 0 saturated carbocycles. The number of benzene rings is 1. The molecule has 0 unspecified atom stereocenters. The first-order valence-electron chi connectivity index (χ1n) is 3.97. The van der Waals surface area contributed by atoms with Gasteiger partial charge in [0.05, 0.1) is 6.04 Å². The average molecular weight is 174 g/mol. The number of carbonyl (C=O) groups is 1. The van der Waals surface area contributed by atoms with Crippen molar-refractivity contribution < 1.29 is 4.79 Å². The molecule has 0 spiro atoms. The van der Waals surface area contributed by atoms with Crippen LogP contribution in [-0.2, 0) is 11.2 Å². The summed E-state index contributed by atoms with van der Waals surface area (Å²) in [6.07, 6.45) is 0.424. The molecule has 0 bridgehead atoms. The Morgan fingerprint density at radius 3 is 2.62 bits per heavy atom. The van der Waals surface area contributed by atoms with E-state index in [0.717, 1.165) is 5.56 Å². The number of nitrogens with zero attached hydrogens (tertiary/aromatic N) is 1. The van der Waals surface area contributed by atoms with Gasteiger partial charge in [-0.3, -0.25) is 4.79 Å². The number of rotatable bonds is 3. The van der Waals surface area contributed by atoms with Crippen LogP contribution in [0.3, 0.4) is 0 Å². The maximum atomic E-state index is 10.8. The van der Waals surface area contributed by atoms with Gasteiger partial charge >= 0.3 is 0 Å². The predicted octanol–water partition coefficient (Wildman–Crippen LogP) is 0.649. The normalized spacial score (nSPS) is 11.7. The van der Waals surface area contributed by atoms with E-state index < -0.39 is 11.8 Å². The molecular formula is C10H10N2O. The molecule has 2 N–H and O–H groups in total. The van der Waals surface area contributed by atoms with Crippen LogP contribution in [0.2, 0.25) is 0 Å². The maximum absolute atomic E-state index is 10.8. The van der Waals surface area contributed by atoms with Crippen LogP contribution < -0.4 is 5.73 Å². The molecular weight excluding hydrogens is 164 g/mol. The van der Waals surface area contributed by atoms with Crippen molar-refractivity contribution in [2.45, 2.75) is 12.5 Å². The highest BCUT2D eigenvalue weighted by atomic mass is 16.1. The summed E-state index contributed by atoms with van der Waals surface area (Å²) in [6.45, 7) is 0. The van der Waals surface area contributed by atoms with E-state index in [1.54, 1.807) is 0 Å². The maximum Gasteiger partial charge on any atom is 0.248 e. The lowest BCUT2D eigenvalue weighted by molar-refractivity contribution is -0.115. The smallest absolute Gasteiger partial charge is 0.248 e. The van der Waals surface area contributed by atoms with Gasteiger partial charge in [-0.1, -0.05) is 30.3 Å². The number of Topliss-reactive ketones (excluding diaryl/α,β-unsaturated/α-hetero) is 1. The van der Waals surface area contributed by atoms with E-state index in [9.17, 15) is 4.79 Å². The van der Waals surface area contributed by atoms with Gasteiger partial charge in [0.2, 0.25) is 5.78 Å². The third kappa shape index (κ3) is 2.69. The molecule has 0 heterocycles. The highest BCUT2D eigenvalue weighted by molar-refractivity contribution is 5.97. The highest BCUT2D eigenvalue weighted by Gasteiger charge is 2.12. The van der Waals surface area contributed by atoms with Crippen LogP contribution in [0.1, 0.15) is 5.56 Å². The second-order valence-electron chi connectivity index (χ2n) is 2.77. The molecule has 1 atom stereocenters. The largest absolute Gasteiger partial charge is 0.320 e. The fourth-order valence-electron chi connectivity index (χ4n) is 1.04. The Balaban J connectivity index is 2.61. The van der Waals surface area contributed by atoms with Crippen molar-refractivity contribution in [3.63, 3.8) is 0 Å². The van der Waals surface area contributed by atoms with Crippen LogP contribution in [0.15, 0.2) is 30.3 Å². The fraction of sp³-hybridized carbons (Fsp3) is 0.200. The Kier molecular flexibility index (Phi) is 3.18. The standard InChI is InChI=1S/C10H10N2O/c11-7-10(13)9(12)6-8-4-2-1-3-5-8/h1-5,9H,6,12H2/t9-/m0/s1. The minimum Gasteiger partial charge on any atom is -0.320 e. The first kappa shape index (κ1) is 9.43. The molecule has 0 fully saturated rings. The van der Waals surface area contributed by atoms with Gasteiger partial charge in [-0.05, 0) is 12.0 Å². The van der Waals surface area contributed by atoms with E-state index in [1.807, 2.05) is 30.3 Å². The van der Waals surface area contributed by atoms with Crippen molar-refractivity contribution in [3.05, 3.63) is 35.9 Å². The zero-order valence-corrected chi connectivity index (χ0v) is 7.10. The molecule has 3 nitrogen and oxygen atoms in total. The van der Waals surface area contributed by atoms with Gasteiger partial charge in [0.25, 0.3) is 0 Å². The van der Waals surface area contributed by atoms with E-state index in [-0.39, 0.29) is 0 Å². The Morgan fingerprint density at radius 1 is 1.46 bits per heavy atom. The summed E-state index contributed by atoms with van der Waals surface area (Å²) in [6, 6.07) is 10.2. The molecule has 0 aliphatic rings. The van der Waals surface area contributed by atoms with Gasteiger partial charge in [-0.2, -0.15) is 5.26 Å². The van der Waals surface area contributed by atoms with Crippen LogP contribution in [0, 0.1) is 11.3 Å². The van der Waals surface area contributed by atoms with Crippen molar-refractivity contribution in [1.29, 1.82) is 5.26 Å². The number of carbonyl (C=O) groups excluding carboxylic acids is 1. The van der Waals surface area contributed by atoms with Crippen LogP contribution in [0.5, 0.6) is 0 Å². The number of nitriles is 1. The van der Waals surface area contributed by atoms with E-state index in [0.29, 0.717) is 6.42 Å². The Morgan fingerprint density at radius 2 is 2.08 bits per heavy atom. The van der Waals surface area contributed by atoms with Crippen molar-refractivity contribution in [1.82, 2.24) is 0 Å². The van der Waals surface area contributed by atoms with Gasteiger partial charge in [-0.25, -0.2) is 0 Å². The molecule has 0 amide bonds. The van der Waals surface area contributed by atoms with Crippen molar-refractivity contribution in [2.24, 2.45) is 5.73 Å². The summed E-state index contributed by atoms with van der Waals surface area (Å²) in [5.74, 6) is -0.566. The minimum absolute atomic E-state index is 0.424. The molecule has 3 heteroatoms. The lowest BCUT2D eigenvalue weighted by Crippen LogP contribution is -2.31. The topological polar surface area (TPSA) is 66.9 Å². The summed E-state index contributed by atoms with van der Waals surface area (Å²) in [4.78, 5) is 10.8. The van der Waals surface area contributed by atoms with Crippen molar-refractivity contribution >= 4 is 5.78 Å². The van der Waals surface area contributed by atoms with E-state index in [2.05, 4.69) is 0 Å². The monoisotopic (exact) mass is 174 g/mol. The quantitative estimate of drug-likeness (QED) is 0.684. The molecule has 1 rings (SSSR count). The Hall–Kier alpha value is -1.66. The van der Waals surface area contributed by atoms with Gasteiger partial charge < -0.3 is 5.73 Å². The molecule has 1 aromatic rings. The zero-order valence-electron chi connectivity index (χ0n) is 7.10. The van der Waals surface area contributed by atoms with Crippen LogP contribution >= 0.6 is 0 Å². The second kappa shape index (κ2) is 4.39. The van der Waals surface area contributed by atoms with Crippen LogP contribution in [-0.4, -0.2) is 11.8 Å². The van der Waals surface area contributed by atoms with Gasteiger partial charge in [0, 0.05) is 0 Å². The molecule has 0 radical (unpaired) electrons. The lowest BCUT2D eigenvalue weighted by atomic mass is 10.0. The summed E-state index contributed by atoms with van der Waals surface area (Å²) >= 11 is 0. The Labute approximate surface area is 76.8 Å². The number of hydrogen-bond donors (Lipinski definition) is 1. The second-order valence-corrected chi connectivity index (χ2v) is 2.77. The third-order valence-corrected chi connectivity index (χ3v) is 1.75. The van der Waals surface area contributed by atoms with Gasteiger partial charge in [-0.15, -0.1) is 0 Å². The summed E-state index contributed by atoms with van der Waals surface area (Å²) in [5.41, 5.74) is 6.46. The molecule has 0 aliphatic carbocycles. The van der Waals surface area contributed by atoms with E-state index in [4.69, 9.17) is 11.0 Å². The molecule has 0 aromatic heterocycles. The highest BCUT2D eigenvalue weighted by Crippen LogP contribution is 2.01. The van der Waals surface area contributed by atoms with Crippen molar-refractivity contribution in [2.75, 3.05) is 0 Å². The molecule has 0 saturated heterocycles. The fourth-order valence-corrected chi connectivity index (χ4v) is 1.04. The third-order valence-electron chi connectivity index (χ3n) is 1.75. The molecule has 1 aromatic carbocycles. The summed E-state index contributed by atoms with van der Waals surface area (Å²) in [5, 5.41) is 8.30.